The number of rotatable bonds is 1. The number of benzene rings is 1. The quantitative estimate of drug-likeness (QED) is 0.683. The maximum Gasteiger partial charge on any atom is 0.286 e. The summed E-state index contributed by atoms with van der Waals surface area (Å²) in [5, 5.41) is 0. The average Bonchev–Trinajstić information content (AvgIpc) is 2.42. The molecule has 0 aliphatic carbocycles. The molecule has 0 atom stereocenters. The topological polar surface area (TPSA) is 32.1 Å². The van der Waals surface area contributed by atoms with Crippen LogP contribution in [0.5, 0.6) is 0 Å². The van der Waals surface area contributed by atoms with Gasteiger partial charge in [-0.05, 0) is 26.0 Å². The summed E-state index contributed by atoms with van der Waals surface area (Å²) in [6, 6.07) is 9.96. The van der Waals surface area contributed by atoms with Crippen LogP contribution in [0.2, 0.25) is 0 Å². The third-order valence-corrected chi connectivity index (χ3v) is 2.53. The van der Waals surface area contributed by atoms with E-state index in [1.807, 2.05) is 55.1 Å². The van der Waals surface area contributed by atoms with Crippen molar-refractivity contribution < 1.29 is 9.48 Å². The van der Waals surface area contributed by atoms with Gasteiger partial charge in [-0.25, -0.2) is 0 Å². The lowest BCUT2D eigenvalue weighted by Crippen LogP contribution is -2.27. The minimum absolute atomic E-state index is 0.0784. The summed E-state index contributed by atoms with van der Waals surface area (Å²) in [7, 11) is 0. The molecule has 1 N–H and O–H groups in total. The van der Waals surface area contributed by atoms with Crippen molar-refractivity contribution in [3.63, 3.8) is 0 Å². The fourth-order valence-corrected chi connectivity index (χ4v) is 1.62. The van der Waals surface area contributed by atoms with E-state index in [1.165, 1.54) is 0 Å². The summed E-state index contributed by atoms with van der Waals surface area (Å²) in [6.45, 7) is 4.60. The number of hydrazine groups is 1. The Kier molecular flexibility index (Phi) is 2.31. The normalized spacial score (nSPS) is 21.7. The number of nitrogens with zero attached hydrogens (tertiary/aromatic N) is 1. The summed E-state index contributed by atoms with van der Waals surface area (Å²) in [5.74, 6) is 0.0784. The third-order valence-electron chi connectivity index (χ3n) is 2.53. The first kappa shape index (κ1) is 9.90. The Morgan fingerprint density at radius 2 is 2.00 bits per heavy atom. The lowest BCUT2D eigenvalue weighted by Gasteiger charge is -2.03. The van der Waals surface area contributed by atoms with E-state index in [-0.39, 0.29) is 11.3 Å². The molecule has 0 spiro atoms. The zero-order chi connectivity index (χ0) is 10.9. The van der Waals surface area contributed by atoms with Crippen LogP contribution in [0.15, 0.2) is 30.3 Å². The van der Waals surface area contributed by atoms with E-state index in [0.717, 1.165) is 5.56 Å². The van der Waals surface area contributed by atoms with Crippen LogP contribution in [0.4, 0.5) is 0 Å². The molecule has 1 amide bonds. The summed E-state index contributed by atoms with van der Waals surface area (Å²) < 4.78 is 1.84. The highest BCUT2D eigenvalue weighted by Gasteiger charge is 2.42. The van der Waals surface area contributed by atoms with E-state index in [9.17, 15) is 4.79 Å². The summed E-state index contributed by atoms with van der Waals surface area (Å²) >= 11 is 0. The number of hydrogen-bond donors (Lipinski definition) is 1. The van der Waals surface area contributed by atoms with Crippen LogP contribution in [-0.2, 0) is 4.79 Å². The van der Waals surface area contributed by atoms with Gasteiger partial charge >= 0.3 is 0 Å². The second-order valence-electron chi connectivity index (χ2n) is 4.49. The SMILES string of the molecule is CC1(C)C/[N+](=C/c2ccccc2)NC1=O. The monoisotopic (exact) mass is 203 g/mol. The molecule has 1 heterocycles. The van der Waals surface area contributed by atoms with Gasteiger partial charge in [0, 0.05) is 5.56 Å². The second kappa shape index (κ2) is 3.50. The summed E-state index contributed by atoms with van der Waals surface area (Å²) in [6.07, 6.45) is 1.95. The second-order valence-corrected chi connectivity index (χ2v) is 4.49. The fraction of sp³-hybridized carbons (Fsp3) is 0.333. The molecular weight excluding hydrogens is 188 g/mol. The molecule has 2 rings (SSSR count). The van der Waals surface area contributed by atoms with Crippen molar-refractivity contribution >= 4 is 12.1 Å². The Labute approximate surface area is 89.4 Å². The maximum absolute atomic E-state index is 11.5. The van der Waals surface area contributed by atoms with Crippen molar-refractivity contribution in [3.8, 4) is 0 Å². The van der Waals surface area contributed by atoms with Gasteiger partial charge in [-0.1, -0.05) is 18.2 Å². The van der Waals surface area contributed by atoms with Gasteiger partial charge in [-0.3, -0.25) is 4.79 Å². The average molecular weight is 203 g/mol. The van der Waals surface area contributed by atoms with Crippen LogP contribution in [-0.4, -0.2) is 23.4 Å². The van der Waals surface area contributed by atoms with E-state index >= 15 is 0 Å². The number of carbonyl (C=O) groups is 1. The Bertz CT molecular complexity index is 407. The van der Waals surface area contributed by atoms with Crippen molar-refractivity contribution in [3.05, 3.63) is 35.9 Å². The lowest BCUT2D eigenvalue weighted by molar-refractivity contribution is -0.559. The number of nitrogens with one attached hydrogen (secondary N) is 1. The van der Waals surface area contributed by atoms with E-state index < -0.39 is 0 Å². The Balaban J connectivity index is 2.22. The minimum atomic E-state index is -0.300. The number of amides is 1. The number of hydrogen-bond acceptors (Lipinski definition) is 1. The van der Waals surface area contributed by atoms with Crippen LogP contribution >= 0.6 is 0 Å². The molecule has 0 aromatic heterocycles. The predicted octanol–water partition coefficient (Wildman–Crippen LogP) is 1.19. The van der Waals surface area contributed by atoms with Gasteiger partial charge in [0.1, 0.15) is 5.41 Å². The first-order valence-electron chi connectivity index (χ1n) is 5.06. The summed E-state index contributed by atoms with van der Waals surface area (Å²) in [5.41, 5.74) is 3.62. The molecule has 0 bridgehead atoms. The standard InChI is InChI=1S/C12H14N2O/c1-12(2)9-14(13-11(12)15)8-10-6-4-3-5-7-10/h3-8H,9H2,1-2H3/p+1/b14-8-. The fourth-order valence-electron chi connectivity index (χ4n) is 1.62. The van der Waals surface area contributed by atoms with Crippen molar-refractivity contribution in [1.82, 2.24) is 5.43 Å². The maximum atomic E-state index is 11.5. The molecule has 1 aromatic carbocycles. The summed E-state index contributed by atoms with van der Waals surface area (Å²) in [4.78, 5) is 11.5. The molecule has 15 heavy (non-hydrogen) atoms. The highest BCUT2D eigenvalue weighted by Crippen LogP contribution is 2.19. The molecule has 1 aromatic rings. The zero-order valence-corrected chi connectivity index (χ0v) is 9.03. The van der Waals surface area contributed by atoms with Gasteiger partial charge in [0.15, 0.2) is 6.54 Å². The van der Waals surface area contributed by atoms with E-state index in [2.05, 4.69) is 5.43 Å². The van der Waals surface area contributed by atoms with Crippen LogP contribution in [0, 0.1) is 5.41 Å². The van der Waals surface area contributed by atoms with E-state index in [0.29, 0.717) is 6.54 Å². The van der Waals surface area contributed by atoms with E-state index in [1.54, 1.807) is 0 Å². The van der Waals surface area contributed by atoms with Crippen LogP contribution in [0.25, 0.3) is 0 Å². The van der Waals surface area contributed by atoms with Crippen LogP contribution in [0.1, 0.15) is 19.4 Å². The molecule has 78 valence electrons. The largest absolute Gasteiger partial charge is 0.286 e. The Hall–Kier alpha value is -1.64. The van der Waals surface area contributed by atoms with Crippen molar-refractivity contribution in [2.45, 2.75) is 13.8 Å². The van der Waals surface area contributed by atoms with Crippen LogP contribution in [0.3, 0.4) is 0 Å². The Morgan fingerprint density at radius 1 is 1.33 bits per heavy atom. The van der Waals surface area contributed by atoms with Gasteiger partial charge in [-0.15, -0.1) is 10.1 Å². The zero-order valence-electron chi connectivity index (χ0n) is 9.03. The van der Waals surface area contributed by atoms with Crippen LogP contribution < -0.4 is 5.43 Å². The van der Waals surface area contributed by atoms with Gasteiger partial charge < -0.3 is 0 Å². The molecule has 3 nitrogen and oxygen atoms in total. The Morgan fingerprint density at radius 3 is 2.53 bits per heavy atom. The molecule has 3 heteroatoms. The number of carbonyl (C=O) groups excluding carboxylic acids is 1. The lowest BCUT2D eigenvalue weighted by atomic mass is 9.95. The van der Waals surface area contributed by atoms with E-state index in [4.69, 9.17) is 0 Å². The predicted molar refractivity (Wildman–Crippen MR) is 58.7 cm³/mol. The smallest absolute Gasteiger partial charge is 0.268 e. The molecule has 1 aliphatic rings. The first-order valence-corrected chi connectivity index (χ1v) is 5.06. The van der Waals surface area contributed by atoms with Gasteiger partial charge in [-0.2, -0.15) is 0 Å². The van der Waals surface area contributed by atoms with Crippen molar-refractivity contribution in [1.29, 1.82) is 0 Å². The van der Waals surface area contributed by atoms with Gasteiger partial charge in [0.25, 0.3) is 5.91 Å². The molecular formula is C12H15N2O+. The first-order chi connectivity index (χ1) is 7.08. The van der Waals surface area contributed by atoms with Crippen molar-refractivity contribution in [2.24, 2.45) is 5.41 Å². The minimum Gasteiger partial charge on any atom is -0.268 e. The molecule has 0 saturated carbocycles. The molecule has 0 radical (unpaired) electrons. The molecule has 1 saturated heterocycles. The molecule has 1 aliphatic heterocycles. The molecule has 0 unspecified atom stereocenters. The highest BCUT2D eigenvalue weighted by atomic mass is 16.2. The highest BCUT2D eigenvalue weighted by molar-refractivity contribution is 5.83. The van der Waals surface area contributed by atoms with Gasteiger partial charge in [0.2, 0.25) is 6.21 Å². The molecule has 1 fully saturated rings. The van der Waals surface area contributed by atoms with Gasteiger partial charge in [0.05, 0.1) is 0 Å². The van der Waals surface area contributed by atoms with Crippen molar-refractivity contribution in [2.75, 3.05) is 6.54 Å². The third kappa shape index (κ3) is 2.06. The number of hydrazone groups is 1.